The lowest BCUT2D eigenvalue weighted by Crippen LogP contribution is -2.47. The van der Waals surface area contributed by atoms with Gasteiger partial charge in [-0.2, -0.15) is 5.10 Å². The number of piperazine rings is 1. The van der Waals surface area contributed by atoms with Crippen LogP contribution in [0, 0.1) is 0 Å². The highest BCUT2D eigenvalue weighted by Crippen LogP contribution is 2.15. The van der Waals surface area contributed by atoms with Crippen molar-refractivity contribution in [2.45, 2.75) is 13.3 Å². The third-order valence-electron chi connectivity index (χ3n) is 4.80. The van der Waals surface area contributed by atoms with Crippen molar-refractivity contribution in [1.29, 1.82) is 0 Å². The smallest absolute Gasteiger partial charge is 0.241 e. The molecule has 6 nitrogen and oxygen atoms in total. The second-order valence-corrected chi connectivity index (χ2v) is 6.77. The molecule has 0 saturated carbocycles. The van der Waals surface area contributed by atoms with Gasteiger partial charge in [0.25, 0.3) is 0 Å². The summed E-state index contributed by atoms with van der Waals surface area (Å²) in [4.78, 5) is 16.8. The molecule has 0 aromatic heterocycles. The quantitative estimate of drug-likeness (QED) is 0.468. The zero-order valence-electron chi connectivity index (χ0n) is 15.8. The summed E-state index contributed by atoms with van der Waals surface area (Å²) in [7, 11) is 0. The molecule has 3 rings (SSSR count). The van der Waals surface area contributed by atoms with Gasteiger partial charge in [0.05, 0.1) is 5.71 Å². The molecule has 27 heavy (non-hydrogen) atoms. The molecule has 0 unspecified atom stereocenters. The van der Waals surface area contributed by atoms with Crippen LogP contribution in [-0.4, -0.2) is 49.2 Å². The number of carbonyl (C=O) groups excluding carboxylic acids is 1. The first-order valence-corrected chi connectivity index (χ1v) is 9.33. The van der Waals surface area contributed by atoms with Crippen LogP contribution in [0.2, 0.25) is 0 Å². The summed E-state index contributed by atoms with van der Waals surface area (Å²) in [6.07, 6.45) is 0.443. The van der Waals surface area contributed by atoms with Crippen molar-refractivity contribution in [3.05, 3.63) is 60.2 Å². The maximum absolute atomic E-state index is 12.1. The van der Waals surface area contributed by atoms with Crippen LogP contribution < -0.4 is 16.1 Å². The van der Waals surface area contributed by atoms with Gasteiger partial charge >= 0.3 is 0 Å². The highest BCUT2D eigenvalue weighted by Gasteiger charge is 2.17. The number of hydrogen-bond donors (Lipinski definition) is 2. The van der Waals surface area contributed by atoms with E-state index < -0.39 is 0 Å². The number of rotatable bonds is 6. The van der Waals surface area contributed by atoms with Gasteiger partial charge in [0.1, 0.15) is 0 Å². The molecule has 1 saturated heterocycles. The Bertz CT molecular complexity index is 782. The van der Waals surface area contributed by atoms with Gasteiger partial charge in [-0.3, -0.25) is 9.69 Å². The number of nitrogens with two attached hydrogens (primary N) is 1. The Morgan fingerprint density at radius 3 is 2.52 bits per heavy atom. The third kappa shape index (κ3) is 5.56. The minimum Gasteiger partial charge on any atom is -0.399 e. The molecular formula is C21H27N5O. The van der Waals surface area contributed by atoms with E-state index in [9.17, 15) is 4.79 Å². The van der Waals surface area contributed by atoms with Crippen molar-refractivity contribution in [1.82, 2.24) is 10.3 Å². The van der Waals surface area contributed by atoms with Gasteiger partial charge in [0.15, 0.2) is 0 Å². The molecule has 3 N–H and O–H groups in total. The van der Waals surface area contributed by atoms with Crippen LogP contribution in [0.15, 0.2) is 59.7 Å². The summed E-state index contributed by atoms with van der Waals surface area (Å²) in [5.74, 6) is -0.0660. The van der Waals surface area contributed by atoms with Crippen LogP contribution in [0.25, 0.3) is 0 Å². The molecule has 6 heteroatoms. The number of hydrogen-bond acceptors (Lipinski definition) is 5. The third-order valence-corrected chi connectivity index (χ3v) is 4.80. The maximum Gasteiger partial charge on any atom is 0.241 e. The van der Waals surface area contributed by atoms with Crippen molar-refractivity contribution in [2.75, 3.05) is 43.4 Å². The van der Waals surface area contributed by atoms with Crippen molar-refractivity contribution in [3.63, 3.8) is 0 Å². The fraction of sp³-hybridized carbons (Fsp3) is 0.333. The molecule has 1 aliphatic heterocycles. The summed E-state index contributed by atoms with van der Waals surface area (Å²) < 4.78 is 0. The fourth-order valence-corrected chi connectivity index (χ4v) is 3.16. The Morgan fingerprint density at radius 1 is 1.07 bits per heavy atom. The zero-order chi connectivity index (χ0) is 19.1. The van der Waals surface area contributed by atoms with Crippen LogP contribution >= 0.6 is 0 Å². The van der Waals surface area contributed by atoms with Gasteiger partial charge in [0.2, 0.25) is 5.91 Å². The lowest BCUT2D eigenvalue weighted by molar-refractivity contribution is -0.121. The van der Waals surface area contributed by atoms with Crippen molar-refractivity contribution in [3.8, 4) is 0 Å². The Kier molecular flexibility index (Phi) is 6.44. The second kappa shape index (κ2) is 9.19. The Hall–Kier alpha value is -2.86. The average Bonchev–Trinajstić information content (AvgIpc) is 2.71. The molecule has 2 aromatic carbocycles. The van der Waals surface area contributed by atoms with Crippen molar-refractivity contribution < 1.29 is 4.79 Å². The van der Waals surface area contributed by atoms with Gasteiger partial charge in [-0.15, -0.1) is 0 Å². The van der Waals surface area contributed by atoms with E-state index in [4.69, 9.17) is 5.73 Å². The zero-order valence-corrected chi connectivity index (χ0v) is 15.8. The number of para-hydroxylation sites is 1. The molecule has 1 aliphatic rings. The number of amides is 1. The van der Waals surface area contributed by atoms with Crippen molar-refractivity contribution in [2.24, 2.45) is 5.10 Å². The molecule has 1 heterocycles. The van der Waals surface area contributed by atoms with E-state index in [0.717, 1.165) is 44.0 Å². The number of hydrazone groups is 1. The minimum atomic E-state index is -0.0660. The molecule has 0 spiro atoms. The fourth-order valence-electron chi connectivity index (χ4n) is 3.16. The lowest BCUT2D eigenvalue weighted by atomic mass is 10.1. The number of benzene rings is 2. The monoisotopic (exact) mass is 365 g/mol. The second-order valence-electron chi connectivity index (χ2n) is 6.77. The van der Waals surface area contributed by atoms with E-state index in [1.54, 1.807) is 0 Å². The highest BCUT2D eigenvalue weighted by molar-refractivity contribution is 5.99. The van der Waals surface area contributed by atoms with Gasteiger partial charge in [0, 0.05) is 50.5 Å². The van der Waals surface area contributed by atoms with Crippen LogP contribution in [0.1, 0.15) is 18.9 Å². The average molecular weight is 365 g/mol. The lowest BCUT2D eigenvalue weighted by Gasteiger charge is -2.36. The standard InChI is InChI=1S/C21H27N5O/c1-17(18-6-5-7-19(22)16-18)23-24-21(27)10-11-25-12-14-26(15-13-25)20-8-3-2-4-9-20/h2-9,16H,10-15,22H2,1H3,(H,24,27)/b23-17-. The summed E-state index contributed by atoms with van der Waals surface area (Å²) in [5.41, 5.74) is 12.0. The molecule has 142 valence electrons. The number of nitrogen functional groups attached to an aromatic ring is 1. The predicted octanol–water partition coefficient (Wildman–Crippen LogP) is 2.32. The molecule has 2 aromatic rings. The van der Waals surface area contributed by atoms with Gasteiger partial charge in [-0.25, -0.2) is 5.43 Å². The van der Waals surface area contributed by atoms with Gasteiger partial charge in [-0.05, 0) is 36.8 Å². The summed E-state index contributed by atoms with van der Waals surface area (Å²) in [5, 5.41) is 4.19. The molecule has 1 amide bonds. The first-order chi connectivity index (χ1) is 13.1. The Balaban J connectivity index is 1.40. The molecule has 0 bridgehead atoms. The predicted molar refractivity (Wildman–Crippen MR) is 111 cm³/mol. The number of anilines is 2. The highest BCUT2D eigenvalue weighted by atomic mass is 16.2. The largest absolute Gasteiger partial charge is 0.399 e. The topological polar surface area (TPSA) is 74.0 Å². The SMILES string of the molecule is C/C(=N/NC(=O)CCN1CCN(c2ccccc2)CC1)c1cccc(N)c1. The van der Waals surface area contributed by atoms with Crippen LogP contribution in [0.5, 0.6) is 0 Å². The van der Waals surface area contributed by atoms with E-state index in [1.165, 1.54) is 5.69 Å². The van der Waals surface area contributed by atoms with Gasteiger partial charge in [-0.1, -0.05) is 30.3 Å². The first-order valence-electron chi connectivity index (χ1n) is 9.33. The van der Waals surface area contributed by atoms with Crippen LogP contribution in [-0.2, 0) is 4.79 Å². The Labute approximate surface area is 160 Å². The molecule has 0 radical (unpaired) electrons. The number of nitrogens with one attached hydrogen (secondary N) is 1. The van der Waals surface area contributed by atoms with E-state index >= 15 is 0 Å². The summed E-state index contributed by atoms with van der Waals surface area (Å²) >= 11 is 0. The van der Waals surface area contributed by atoms with Gasteiger partial charge < -0.3 is 10.6 Å². The normalized spacial score (nSPS) is 15.6. The number of carbonyl (C=O) groups is 1. The summed E-state index contributed by atoms with van der Waals surface area (Å²) in [6, 6.07) is 17.9. The molecule has 1 fully saturated rings. The van der Waals surface area contributed by atoms with E-state index in [1.807, 2.05) is 37.3 Å². The van der Waals surface area contributed by atoms with Crippen LogP contribution in [0.4, 0.5) is 11.4 Å². The van der Waals surface area contributed by atoms with Crippen LogP contribution in [0.3, 0.4) is 0 Å². The molecule has 0 aliphatic carbocycles. The molecular weight excluding hydrogens is 338 g/mol. The van der Waals surface area contributed by atoms with E-state index in [2.05, 4.69) is 44.6 Å². The van der Waals surface area contributed by atoms with E-state index in [-0.39, 0.29) is 5.91 Å². The molecule has 0 atom stereocenters. The number of nitrogens with zero attached hydrogens (tertiary/aromatic N) is 3. The van der Waals surface area contributed by atoms with E-state index in [0.29, 0.717) is 12.1 Å². The van der Waals surface area contributed by atoms with Crippen molar-refractivity contribution >= 4 is 23.0 Å². The minimum absolute atomic E-state index is 0.0660. The Morgan fingerprint density at radius 2 is 1.81 bits per heavy atom. The maximum atomic E-state index is 12.1. The first kappa shape index (κ1) is 18.9. The summed E-state index contributed by atoms with van der Waals surface area (Å²) in [6.45, 7) is 6.51.